The minimum atomic E-state index is -0.700. The molecule has 26 heavy (non-hydrogen) atoms. The molecule has 0 N–H and O–H groups in total. The third kappa shape index (κ3) is 2.70. The third-order valence-corrected chi connectivity index (χ3v) is 4.48. The molecule has 1 aliphatic rings. The maximum atomic E-state index is 12.7. The van der Waals surface area contributed by atoms with E-state index in [9.17, 15) is 14.4 Å². The molecule has 0 spiro atoms. The quantitative estimate of drug-likeness (QED) is 0.293. The van der Waals surface area contributed by atoms with Gasteiger partial charge in [-0.1, -0.05) is 41.9 Å². The van der Waals surface area contributed by atoms with Gasteiger partial charge in [-0.2, -0.15) is 0 Å². The van der Waals surface area contributed by atoms with E-state index in [0.29, 0.717) is 21.4 Å². The van der Waals surface area contributed by atoms with Crippen LogP contribution >= 0.6 is 11.6 Å². The number of allylic oxidation sites excluding steroid dienone is 1. The van der Waals surface area contributed by atoms with Crippen LogP contribution in [0.4, 0.5) is 0 Å². The minimum absolute atomic E-state index is 0.227. The summed E-state index contributed by atoms with van der Waals surface area (Å²) in [6.07, 6.45) is 3.14. The van der Waals surface area contributed by atoms with Gasteiger partial charge in [0.05, 0.1) is 11.1 Å². The molecule has 0 amide bonds. The van der Waals surface area contributed by atoms with E-state index in [-0.39, 0.29) is 16.9 Å². The van der Waals surface area contributed by atoms with Crippen LogP contribution in [-0.2, 0) is 4.74 Å². The van der Waals surface area contributed by atoms with Crippen LogP contribution in [-0.4, -0.2) is 17.7 Å². The zero-order valence-corrected chi connectivity index (χ0v) is 14.1. The zero-order chi connectivity index (χ0) is 18.3. The largest absolute Gasteiger partial charge is 0.386 e. The fourth-order valence-electron chi connectivity index (χ4n) is 2.99. The zero-order valence-electron chi connectivity index (χ0n) is 13.4. The Morgan fingerprint density at radius 2 is 1.58 bits per heavy atom. The molecule has 0 radical (unpaired) electrons. The molecule has 4 rings (SSSR count). The Kier molecular flexibility index (Phi) is 3.90. The van der Waals surface area contributed by atoms with E-state index in [2.05, 4.69) is 0 Å². The Labute approximate surface area is 153 Å². The highest BCUT2D eigenvalue weighted by atomic mass is 35.5. The summed E-state index contributed by atoms with van der Waals surface area (Å²) in [6, 6.07) is 15.2. The minimum Gasteiger partial charge on any atom is -0.386 e. The highest BCUT2D eigenvalue weighted by Crippen LogP contribution is 2.31. The SMILES string of the molecule is O=C(/C=C/c1ccc(Cl)cc1)c1ccc2c3c(cccc13)C(=O)OC2=O. The van der Waals surface area contributed by atoms with E-state index in [0.717, 1.165) is 5.56 Å². The highest BCUT2D eigenvalue weighted by Gasteiger charge is 2.28. The van der Waals surface area contributed by atoms with Crippen molar-refractivity contribution in [1.82, 2.24) is 0 Å². The van der Waals surface area contributed by atoms with Gasteiger partial charge in [-0.3, -0.25) is 4.79 Å². The fraction of sp³-hybridized carbons (Fsp3) is 0. The summed E-state index contributed by atoms with van der Waals surface area (Å²) in [4.78, 5) is 36.6. The van der Waals surface area contributed by atoms with Gasteiger partial charge in [-0.05, 0) is 47.4 Å². The number of rotatable bonds is 3. The Hall–Kier alpha value is -3.24. The lowest BCUT2D eigenvalue weighted by molar-refractivity contribution is 0.0391. The predicted octanol–water partition coefficient (Wildman–Crippen LogP) is 4.70. The van der Waals surface area contributed by atoms with Crippen molar-refractivity contribution >= 4 is 46.2 Å². The third-order valence-electron chi connectivity index (χ3n) is 4.23. The summed E-state index contributed by atoms with van der Waals surface area (Å²) in [5, 5.41) is 1.63. The number of ether oxygens (including phenoxy) is 1. The molecule has 0 aliphatic carbocycles. The number of halogens is 1. The number of carbonyl (C=O) groups is 3. The van der Waals surface area contributed by atoms with Gasteiger partial charge in [0.25, 0.3) is 0 Å². The van der Waals surface area contributed by atoms with Crippen molar-refractivity contribution in [2.45, 2.75) is 0 Å². The lowest BCUT2D eigenvalue weighted by Gasteiger charge is -2.16. The van der Waals surface area contributed by atoms with Crippen molar-refractivity contribution in [3.05, 3.63) is 87.9 Å². The van der Waals surface area contributed by atoms with E-state index < -0.39 is 11.9 Å². The van der Waals surface area contributed by atoms with Crippen molar-refractivity contribution in [2.24, 2.45) is 0 Å². The maximum Gasteiger partial charge on any atom is 0.346 e. The van der Waals surface area contributed by atoms with Crippen LogP contribution in [0.15, 0.2) is 60.7 Å². The first-order chi connectivity index (χ1) is 12.5. The molecule has 0 unspecified atom stereocenters. The molecule has 0 atom stereocenters. The number of hydrogen-bond acceptors (Lipinski definition) is 4. The summed E-state index contributed by atoms with van der Waals surface area (Å²) in [7, 11) is 0. The molecule has 0 saturated heterocycles. The molecular weight excluding hydrogens is 352 g/mol. The van der Waals surface area contributed by atoms with Crippen LogP contribution in [0.3, 0.4) is 0 Å². The molecule has 3 aromatic carbocycles. The van der Waals surface area contributed by atoms with Gasteiger partial charge >= 0.3 is 11.9 Å². The Morgan fingerprint density at radius 1 is 0.885 bits per heavy atom. The first-order valence-corrected chi connectivity index (χ1v) is 8.22. The number of carbonyl (C=O) groups excluding carboxylic acids is 3. The maximum absolute atomic E-state index is 12.7. The summed E-state index contributed by atoms with van der Waals surface area (Å²) < 4.78 is 4.73. The molecule has 0 fully saturated rings. The standard InChI is InChI=1S/C21H11ClO4/c22-13-7-4-12(5-8-13)6-11-18(23)14-9-10-17-19-15(14)2-1-3-16(19)20(24)26-21(17)25/h1-11H/b11-6+. The summed E-state index contributed by atoms with van der Waals surface area (Å²) in [6.45, 7) is 0. The highest BCUT2D eigenvalue weighted by molar-refractivity contribution is 6.30. The predicted molar refractivity (Wildman–Crippen MR) is 98.5 cm³/mol. The van der Waals surface area contributed by atoms with E-state index >= 15 is 0 Å². The monoisotopic (exact) mass is 362 g/mol. The van der Waals surface area contributed by atoms with Gasteiger partial charge in [0, 0.05) is 16.0 Å². The van der Waals surface area contributed by atoms with Crippen molar-refractivity contribution in [2.75, 3.05) is 0 Å². The van der Waals surface area contributed by atoms with Crippen LogP contribution in [0.2, 0.25) is 5.02 Å². The molecule has 1 aliphatic heterocycles. The van der Waals surface area contributed by atoms with Crippen molar-refractivity contribution in [3.8, 4) is 0 Å². The van der Waals surface area contributed by atoms with Crippen LogP contribution in [0.5, 0.6) is 0 Å². The Morgan fingerprint density at radius 3 is 2.31 bits per heavy atom. The van der Waals surface area contributed by atoms with Gasteiger partial charge in [0.15, 0.2) is 5.78 Å². The van der Waals surface area contributed by atoms with Crippen LogP contribution in [0.25, 0.3) is 16.8 Å². The smallest absolute Gasteiger partial charge is 0.346 e. The average Bonchev–Trinajstić information content (AvgIpc) is 2.65. The van der Waals surface area contributed by atoms with Gasteiger partial charge in [0.1, 0.15) is 0 Å². The molecule has 4 nitrogen and oxygen atoms in total. The van der Waals surface area contributed by atoms with Crippen molar-refractivity contribution in [1.29, 1.82) is 0 Å². The number of esters is 2. The Bertz CT molecular complexity index is 1090. The van der Waals surface area contributed by atoms with Gasteiger partial charge in [0.2, 0.25) is 0 Å². The van der Waals surface area contributed by atoms with E-state index in [4.69, 9.17) is 16.3 Å². The van der Waals surface area contributed by atoms with Gasteiger partial charge in [-0.15, -0.1) is 0 Å². The summed E-state index contributed by atoms with van der Waals surface area (Å²) >= 11 is 5.85. The number of ketones is 1. The molecule has 3 aromatic rings. The second kappa shape index (κ2) is 6.24. The van der Waals surface area contributed by atoms with Crippen molar-refractivity contribution < 1.29 is 19.1 Å². The van der Waals surface area contributed by atoms with E-state index in [1.807, 2.05) is 0 Å². The van der Waals surface area contributed by atoms with Gasteiger partial charge in [-0.25, -0.2) is 9.59 Å². The summed E-state index contributed by atoms with van der Waals surface area (Å²) in [5.41, 5.74) is 1.82. The second-order valence-electron chi connectivity index (χ2n) is 5.81. The molecule has 0 aromatic heterocycles. The summed E-state index contributed by atoms with van der Waals surface area (Å²) in [5.74, 6) is -1.63. The van der Waals surface area contributed by atoms with Crippen LogP contribution in [0.1, 0.15) is 36.6 Å². The topological polar surface area (TPSA) is 60.4 Å². The molecule has 0 bridgehead atoms. The molecular formula is C21H11ClO4. The Balaban J connectivity index is 1.79. The first kappa shape index (κ1) is 16.2. The van der Waals surface area contributed by atoms with Crippen molar-refractivity contribution in [3.63, 3.8) is 0 Å². The normalized spacial score (nSPS) is 13.3. The number of cyclic esters (lactones) is 2. The molecule has 5 heteroatoms. The average molecular weight is 363 g/mol. The van der Waals surface area contributed by atoms with E-state index in [1.165, 1.54) is 12.1 Å². The fourth-order valence-corrected chi connectivity index (χ4v) is 3.12. The van der Waals surface area contributed by atoms with E-state index in [1.54, 1.807) is 54.6 Å². The molecule has 1 heterocycles. The van der Waals surface area contributed by atoms with Crippen LogP contribution < -0.4 is 0 Å². The van der Waals surface area contributed by atoms with Crippen LogP contribution in [0, 0.1) is 0 Å². The first-order valence-electron chi connectivity index (χ1n) is 7.85. The lowest BCUT2D eigenvalue weighted by Crippen LogP contribution is -2.20. The molecule has 126 valence electrons. The number of benzene rings is 3. The second-order valence-corrected chi connectivity index (χ2v) is 6.25. The lowest BCUT2D eigenvalue weighted by atomic mass is 9.92. The van der Waals surface area contributed by atoms with Gasteiger partial charge < -0.3 is 4.74 Å². The number of hydrogen-bond donors (Lipinski definition) is 0. The molecule has 0 saturated carbocycles.